The SMILES string of the molecule is CCCC(CNC(C)(C)C)Cc1c(Cl)c(C)nn1CC. The van der Waals surface area contributed by atoms with E-state index < -0.39 is 0 Å². The third-order valence-electron chi connectivity index (χ3n) is 3.55. The van der Waals surface area contributed by atoms with E-state index in [9.17, 15) is 0 Å². The van der Waals surface area contributed by atoms with Crippen molar-refractivity contribution in [2.45, 2.75) is 72.9 Å². The van der Waals surface area contributed by atoms with Gasteiger partial charge in [0.25, 0.3) is 0 Å². The zero-order valence-electron chi connectivity index (χ0n) is 13.9. The molecule has 1 atom stereocenters. The highest BCUT2D eigenvalue weighted by atomic mass is 35.5. The van der Waals surface area contributed by atoms with Gasteiger partial charge in [-0.25, -0.2) is 0 Å². The normalized spacial score (nSPS) is 13.8. The summed E-state index contributed by atoms with van der Waals surface area (Å²) in [4.78, 5) is 0. The molecule has 1 rings (SSSR count). The Labute approximate surface area is 129 Å². The van der Waals surface area contributed by atoms with Gasteiger partial charge in [-0.3, -0.25) is 4.68 Å². The molecule has 0 saturated heterocycles. The number of aromatic nitrogens is 2. The van der Waals surface area contributed by atoms with Crippen molar-refractivity contribution in [1.82, 2.24) is 15.1 Å². The third kappa shape index (κ3) is 5.10. The van der Waals surface area contributed by atoms with E-state index >= 15 is 0 Å². The molecule has 0 aliphatic rings. The summed E-state index contributed by atoms with van der Waals surface area (Å²) >= 11 is 6.42. The molecule has 1 aromatic heterocycles. The molecule has 0 aliphatic carbocycles. The van der Waals surface area contributed by atoms with Gasteiger partial charge in [-0.2, -0.15) is 5.10 Å². The maximum absolute atomic E-state index is 6.42. The number of aryl methyl sites for hydroxylation is 2. The fourth-order valence-corrected chi connectivity index (χ4v) is 2.69. The van der Waals surface area contributed by atoms with Crippen LogP contribution < -0.4 is 5.32 Å². The predicted octanol–water partition coefficient (Wildman–Crippen LogP) is 4.21. The second-order valence-electron chi connectivity index (χ2n) is 6.65. The Balaban J connectivity index is 2.79. The van der Waals surface area contributed by atoms with Crippen LogP contribution in [0.3, 0.4) is 0 Å². The summed E-state index contributed by atoms with van der Waals surface area (Å²) in [5, 5.41) is 8.98. The van der Waals surface area contributed by atoms with E-state index in [0.717, 1.165) is 30.2 Å². The average molecular weight is 300 g/mol. The minimum absolute atomic E-state index is 0.163. The maximum Gasteiger partial charge on any atom is 0.0847 e. The summed E-state index contributed by atoms with van der Waals surface area (Å²) < 4.78 is 2.05. The van der Waals surface area contributed by atoms with Crippen LogP contribution >= 0.6 is 11.6 Å². The number of nitrogens with zero attached hydrogens (tertiary/aromatic N) is 2. The summed E-state index contributed by atoms with van der Waals surface area (Å²) in [6.45, 7) is 14.9. The van der Waals surface area contributed by atoms with E-state index in [4.69, 9.17) is 11.6 Å². The Morgan fingerprint density at radius 2 is 1.95 bits per heavy atom. The van der Waals surface area contributed by atoms with Crippen LogP contribution in [0, 0.1) is 12.8 Å². The van der Waals surface area contributed by atoms with Gasteiger partial charge in [0.05, 0.1) is 16.4 Å². The number of halogens is 1. The van der Waals surface area contributed by atoms with Crippen LogP contribution in [-0.4, -0.2) is 21.9 Å². The van der Waals surface area contributed by atoms with Gasteiger partial charge in [0.2, 0.25) is 0 Å². The molecular weight excluding hydrogens is 270 g/mol. The van der Waals surface area contributed by atoms with Crippen LogP contribution in [0.5, 0.6) is 0 Å². The van der Waals surface area contributed by atoms with Gasteiger partial charge in [-0.05, 0) is 59.9 Å². The van der Waals surface area contributed by atoms with Crippen LogP contribution in [0.25, 0.3) is 0 Å². The zero-order chi connectivity index (χ0) is 15.3. The Morgan fingerprint density at radius 3 is 2.45 bits per heavy atom. The molecule has 3 nitrogen and oxygen atoms in total. The minimum atomic E-state index is 0.163. The second kappa shape index (κ2) is 7.46. The van der Waals surface area contributed by atoms with Crippen LogP contribution in [0.1, 0.15) is 58.8 Å². The lowest BCUT2D eigenvalue weighted by Crippen LogP contribution is -2.39. The lowest BCUT2D eigenvalue weighted by molar-refractivity contribution is 0.350. The fourth-order valence-electron chi connectivity index (χ4n) is 2.47. The molecule has 1 heterocycles. The lowest BCUT2D eigenvalue weighted by Gasteiger charge is -2.25. The summed E-state index contributed by atoms with van der Waals surface area (Å²) in [7, 11) is 0. The highest BCUT2D eigenvalue weighted by Crippen LogP contribution is 2.24. The van der Waals surface area contributed by atoms with Crippen LogP contribution in [0.4, 0.5) is 0 Å². The molecule has 0 radical (unpaired) electrons. The highest BCUT2D eigenvalue weighted by molar-refractivity contribution is 6.31. The molecule has 0 amide bonds. The number of nitrogens with one attached hydrogen (secondary N) is 1. The molecule has 0 bridgehead atoms. The fraction of sp³-hybridized carbons (Fsp3) is 0.812. The molecule has 0 aromatic carbocycles. The smallest absolute Gasteiger partial charge is 0.0847 e. The van der Waals surface area contributed by atoms with E-state index in [1.165, 1.54) is 18.5 Å². The van der Waals surface area contributed by atoms with Gasteiger partial charge in [0.15, 0.2) is 0 Å². The van der Waals surface area contributed by atoms with Gasteiger partial charge in [-0.1, -0.05) is 24.9 Å². The second-order valence-corrected chi connectivity index (χ2v) is 7.03. The summed E-state index contributed by atoms with van der Waals surface area (Å²) in [5.74, 6) is 0.609. The Bertz CT molecular complexity index is 418. The first-order chi connectivity index (χ1) is 9.28. The first kappa shape index (κ1) is 17.5. The highest BCUT2D eigenvalue weighted by Gasteiger charge is 2.19. The van der Waals surface area contributed by atoms with E-state index in [-0.39, 0.29) is 5.54 Å². The largest absolute Gasteiger partial charge is 0.312 e. The van der Waals surface area contributed by atoms with Gasteiger partial charge >= 0.3 is 0 Å². The van der Waals surface area contributed by atoms with E-state index in [1.807, 2.05) is 6.92 Å². The predicted molar refractivity (Wildman–Crippen MR) is 87.5 cm³/mol. The number of hydrogen-bond donors (Lipinski definition) is 1. The number of rotatable bonds is 7. The van der Waals surface area contributed by atoms with Gasteiger partial charge < -0.3 is 5.32 Å². The third-order valence-corrected chi connectivity index (χ3v) is 4.04. The molecule has 20 heavy (non-hydrogen) atoms. The van der Waals surface area contributed by atoms with Crippen molar-refractivity contribution < 1.29 is 0 Å². The van der Waals surface area contributed by atoms with E-state index in [1.54, 1.807) is 0 Å². The molecule has 1 aromatic rings. The van der Waals surface area contributed by atoms with Crippen molar-refractivity contribution in [2.24, 2.45) is 5.92 Å². The first-order valence-electron chi connectivity index (χ1n) is 7.75. The molecule has 0 fully saturated rings. The van der Waals surface area contributed by atoms with Crippen molar-refractivity contribution in [3.63, 3.8) is 0 Å². The van der Waals surface area contributed by atoms with Gasteiger partial charge in [0.1, 0.15) is 0 Å². The van der Waals surface area contributed by atoms with Crippen molar-refractivity contribution in [2.75, 3.05) is 6.54 Å². The van der Waals surface area contributed by atoms with Crippen molar-refractivity contribution in [1.29, 1.82) is 0 Å². The summed E-state index contributed by atoms with van der Waals surface area (Å²) in [6, 6.07) is 0. The molecule has 1 N–H and O–H groups in total. The molecule has 116 valence electrons. The molecular formula is C16H30ClN3. The Hall–Kier alpha value is -0.540. The zero-order valence-corrected chi connectivity index (χ0v) is 14.6. The average Bonchev–Trinajstić information content (AvgIpc) is 2.63. The van der Waals surface area contributed by atoms with Gasteiger partial charge in [0, 0.05) is 12.1 Å². The Morgan fingerprint density at radius 1 is 1.30 bits per heavy atom. The van der Waals surface area contributed by atoms with Crippen molar-refractivity contribution in [3.8, 4) is 0 Å². The molecule has 0 spiro atoms. The summed E-state index contributed by atoms with van der Waals surface area (Å²) in [5.41, 5.74) is 2.31. The minimum Gasteiger partial charge on any atom is -0.312 e. The van der Waals surface area contributed by atoms with Crippen molar-refractivity contribution in [3.05, 3.63) is 16.4 Å². The molecule has 0 saturated carbocycles. The maximum atomic E-state index is 6.42. The van der Waals surface area contributed by atoms with Crippen molar-refractivity contribution >= 4 is 11.6 Å². The Kier molecular flexibility index (Phi) is 6.53. The van der Waals surface area contributed by atoms with E-state index in [0.29, 0.717) is 5.92 Å². The molecule has 1 unspecified atom stereocenters. The van der Waals surface area contributed by atoms with Crippen LogP contribution in [0.2, 0.25) is 5.02 Å². The topological polar surface area (TPSA) is 29.9 Å². The molecule has 0 aliphatic heterocycles. The quantitative estimate of drug-likeness (QED) is 0.817. The summed E-state index contributed by atoms with van der Waals surface area (Å²) in [6.07, 6.45) is 3.42. The monoisotopic (exact) mass is 299 g/mol. The lowest BCUT2D eigenvalue weighted by atomic mass is 9.96. The van der Waals surface area contributed by atoms with Crippen LogP contribution in [-0.2, 0) is 13.0 Å². The standard InChI is InChI=1S/C16H30ClN3/c1-7-9-13(11-18-16(4,5)6)10-14-15(17)12(3)19-20(14)8-2/h13,18H,7-11H2,1-6H3. The van der Waals surface area contributed by atoms with Gasteiger partial charge in [-0.15, -0.1) is 0 Å². The first-order valence-corrected chi connectivity index (χ1v) is 8.13. The number of hydrogen-bond acceptors (Lipinski definition) is 2. The van der Waals surface area contributed by atoms with E-state index in [2.05, 4.69) is 49.7 Å². The molecule has 4 heteroatoms. The van der Waals surface area contributed by atoms with Crippen LogP contribution in [0.15, 0.2) is 0 Å².